The molecule has 0 aliphatic carbocycles. The largest absolute Gasteiger partial charge is 0.504 e. The Morgan fingerprint density at radius 3 is 2.35 bits per heavy atom. The number of ether oxygens (including phenoxy) is 1. The number of aliphatic hydroxyl groups is 3. The first-order chi connectivity index (χ1) is 9.20. The van der Waals surface area contributed by atoms with Crippen LogP contribution in [0.15, 0.2) is 11.5 Å². The Morgan fingerprint density at radius 1 is 1.55 bits per heavy atom. The lowest BCUT2D eigenvalue weighted by Crippen LogP contribution is -2.51. The number of esters is 1. The van der Waals surface area contributed by atoms with Crippen molar-refractivity contribution in [3.63, 3.8) is 0 Å². The van der Waals surface area contributed by atoms with Crippen LogP contribution < -0.4 is 11.1 Å². The average molecular weight is 290 g/mol. The maximum Gasteiger partial charge on any atom is 0.379 e. The minimum Gasteiger partial charge on any atom is -0.504 e. The zero-order chi connectivity index (χ0) is 15.5. The molecule has 1 saturated heterocycles. The fourth-order valence-corrected chi connectivity index (χ4v) is 1.71. The molecule has 0 bridgehead atoms. The van der Waals surface area contributed by atoms with Crippen LogP contribution in [0.5, 0.6) is 0 Å². The van der Waals surface area contributed by atoms with Gasteiger partial charge in [0.15, 0.2) is 0 Å². The Labute approximate surface area is 114 Å². The van der Waals surface area contributed by atoms with Gasteiger partial charge in [-0.2, -0.15) is 0 Å². The summed E-state index contributed by atoms with van der Waals surface area (Å²) in [5.74, 6) is -3.67. The molecule has 0 amide bonds. The van der Waals surface area contributed by atoms with Crippen molar-refractivity contribution in [2.24, 2.45) is 5.73 Å². The van der Waals surface area contributed by atoms with E-state index < -0.39 is 35.3 Å². The zero-order valence-electron chi connectivity index (χ0n) is 10.9. The summed E-state index contributed by atoms with van der Waals surface area (Å²) in [4.78, 5) is 20.8. The number of nitrogens with two attached hydrogens (primary N) is 1. The highest BCUT2D eigenvalue weighted by Crippen LogP contribution is 2.27. The van der Waals surface area contributed by atoms with Gasteiger partial charge in [-0.3, -0.25) is 10.5 Å². The molecule has 114 valence electrons. The van der Waals surface area contributed by atoms with Gasteiger partial charge < -0.3 is 30.5 Å². The Kier molecular flexibility index (Phi) is 4.93. The topological polar surface area (TPSA) is 162 Å². The highest BCUT2D eigenvalue weighted by atomic mass is 16.6. The minimum atomic E-state index is -2.01. The van der Waals surface area contributed by atoms with E-state index in [0.717, 1.165) is 19.4 Å². The molecular weight excluding hydrogens is 272 g/mol. The lowest BCUT2D eigenvalue weighted by Gasteiger charge is -2.24. The first-order valence-corrected chi connectivity index (χ1v) is 5.99. The number of carbonyl (C=O) groups is 2. The van der Waals surface area contributed by atoms with Gasteiger partial charge in [-0.15, -0.1) is 0 Å². The molecule has 1 fully saturated rings. The van der Waals surface area contributed by atoms with Gasteiger partial charge in [0.1, 0.15) is 12.1 Å². The van der Waals surface area contributed by atoms with E-state index in [1.54, 1.807) is 0 Å². The molecule has 0 spiro atoms. The number of aliphatic carboxylic acids is 1. The average Bonchev–Trinajstić information content (AvgIpc) is 2.96. The molecule has 0 aromatic heterocycles. The van der Waals surface area contributed by atoms with Crippen LogP contribution in [0.25, 0.3) is 0 Å². The summed E-state index contributed by atoms with van der Waals surface area (Å²) in [5.41, 5.74) is 3.25. The van der Waals surface area contributed by atoms with Crippen molar-refractivity contribution >= 4 is 11.9 Å². The third-order valence-electron chi connectivity index (χ3n) is 3.03. The normalized spacial score (nSPS) is 30.6. The molecule has 0 saturated carbocycles. The smallest absolute Gasteiger partial charge is 0.379 e. The van der Waals surface area contributed by atoms with Crippen molar-refractivity contribution in [3.05, 3.63) is 11.5 Å². The Bertz CT molecular complexity index is 428. The molecule has 2 aliphatic rings. The van der Waals surface area contributed by atoms with Crippen LogP contribution in [0.4, 0.5) is 0 Å². The van der Waals surface area contributed by atoms with Gasteiger partial charge in [0.2, 0.25) is 17.2 Å². The minimum absolute atomic E-state index is 0.269. The summed E-state index contributed by atoms with van der Waals surface area (Å²) in [6, 6.07) is -0.269. The molecular formula is C11H18N2O7. The first kappa shape index (κ1) is 16.2. The number of hydrogen-bond acceptors (Lipinski definition) is 8. The van der Waals surface area contributed by atoms with Crippen LogP contribution in [-0.2, 0) is 14.3 Å². The highest BCUT2D eigenvalue weighted by Gasteiger charge is 2.49. The second-order valence-electron chi connectivity index (χ2n) is 4.54. The number of aliphatic hydroxyl groups excluding tert-OH is 3. The van der Waals surface area contributed by atoms with Crippen molar-refractivity contribution < 1.29 is 34.8 Å². The van der Waals surface area contributed by atoms with Gasteiger partial charge in [-0.25, -0.2) is 4.79 Å². The molecule has 0 aromatic rings. The molecule has 3 atom stereocenters. The van der Waals surface area contributed by atoms with E-state index in [1.807, 2.05) is 0 Å². The molecule has 20 heavy (non-hydrogen) atoms. The summed E-state index contributed by atoms with van der Waals surface area (Å²) in [7, 11) is 0. The van der Waals surface area contributed by atoms with Crippen LogP contribution >= 0.6 is 0 Å². The monoisotopic (exact) mass is 290 g/mol. The zero-order valence-corrected chi connectivity index (χ0v) is 10.9. The molecule has 2 heterocycles. The highest BCUT2D eigenvalue weighted by molar-refractivity contribution is 5.89. The van der Waals surface area contributed by atoms with Crippen molar-refractivity contribution in [2.45, 2.75) is 37.6 Å². The SMILES string of the molecule is C[C@H](O)[C@@]1(N)OC(=O)C(O)=C1O.O=C(O)[C@@H]1CCCN1. The maximum atomic E-state index is 10.6. The van der Waals surface area contributed by atoms with Crippen molar-refractivity contribution in [1.82, 2.24) is 5.32 Å². The van der Waals surface area contributed by atoms with Gasteiger partial charge in [0.05, 0.1) is 0 Å². The number of rotatable bonds is 2. The van der Waals surface area contributed by atoms with E-state index >= 15 is 0 Å². The van der Waals surface area contributed by atoms with E-state index in [2.05, 4.69) is 10.1 Å². The van der Waals surface area contributed by atoms with Crippen LogP contribution in [0, 0.1) is 0 Å². The summed E-state index contributed by atoms with van der Waals surface area (Å²) in [6.45, 7) is 2.08. The first-order valence-electron chi connectivity index (χ1n) is 5.99. The molecule has 2 aliphatic heterocycles. The second kappa shape index (κ2) is 6.07. The predicted molar refractivity (Wildman–Crippen MR) is 65.6 cm³/mol. The summed E-state index contributed by atoms with van der Waals surface area (Å²) in [5, 5.41) is 38.1. The fraction of sp³-hybridized carbons (Fsp3) is 0.636. The lowest BCUT2D eigenvalue weighted by atomic mass is 10.1. The second-order valence-corrected chi connectivity index (χ2v) is 4.54. The lowest BCUT2D eigenvalue weighted by molar-refractivity contribution is -0.158. The standard InChI is InChI=1S/C6H9NO5.C5H9NO2/c1-2(8)6(7)4(10)3(9)5(11)12-6;7-5(8)4-2-1-3-6-4/h2,8-10H,7H2,1H3;4,6H,1-3H2,(H,7,8)/t2-,6+;4-/m00/s1. The quantitative estimate of drug-likeness (QED) is 0.340. The summed E-state index contributed by atoms with van der Waals surface area (Å²) < 4.78 is 4.35. The maximum absolute atomic E-state index is 10.6. The van der Waals surface area contributed by atoms with Gasteiger partial charge in [0.25, 0.3) is 0 Å². The van der Waals surface area contributed by atoms with Gasteiger partial charge in [-0.05, 0) is 26.3 Å². The summed E-state index contributed by atoms with van der Waals surface area (Å²) in [6.07, 6.45) is 0.484. The van der Waals surface area contributed by atoms with Crippen LogP contribution in [0.1, 0.15) is 19.8 Å². The predicted octanol–water partition coefficient (Wildman–Crippen LogP) is -1.27. The number of hydrogen-bond donors (Lipinski definition) is 6. The van der Waals surface area contributed by atoms with Gasteiger partial charge >= 0.3 is 11.9 Å². The molecule has 0 radical (unpaired) electrons. The third kappa shape index (κ3) is 3.18. The molecule has 9 nitrogen and oxygen atoms in total. The van der Waals surface area contributed by atoms with E-state index in [4.69, 9.17) is 26.2 Å². The fourth-order valence-electron chi connectivity index (χ4n) is 1.71. The van der Waals surface area contributed by atoms with E-state index in [9.17, 15) is 9.59 Å². The van der Waals surface area contributed by atoms with Crippen LogP contribution in [0.3, 0.4) is 0 Å². The molecule has 2 rings (SSSR count). The number of cyclic esters (lactones) is 1. The molecule has 0 aromatic carbocycles. The van der Waals surface area contributed by atoms with Crippen LogP contribution in [-0.4, -0.2) is 56.8 Å². The Balaban J connectivity index is 0.000000217. The third-order valence-corrected chi connectivity index (χ3v) is 3.03. The van der Waals surface area contributed by atoms with E-state index in [-0.39, 0.29) is 6.04 Å². The summed E-state index contributed by atoms with van der Waals surface area (Å²) >= 11 is 0. The van der Waals surface area contributed by atoms with Crippen molar-refractivity contribution in [2.75, 3.05) is 6.54 Å². The number of carboxylic acids is 1. The van der Waals surface area contributed by atoms with Gasteiger partial charge in [0, 0.05) is 0 Å². The molecule has 7 N–H and O–H groups in total. The van der Waals surface area contributed by atoms with Crippen molar-refractivity contribution in [1.29, 1.82) is 0 Å². The Hall–Kier alpha value is -1.84. The molecule has 0 unspecified atom stereocenters. The van der Waals surface area contributed by atoms with E-state index in [0.29, 0.717) is 0 Å². The Morgan fingerprint density at radius 2 is 2.15 bits per heavy atom. The molecule has 9 heteroatoms. The number of carboxylic acid groups (broad SMARTS) is 1. The number of carbonyl (C=O) groups excluding carboxylic acids is 1. The van der Waals surface area contributed by atoms with Crippen molar-refractivity contribution in [3.8, 4) is 0 Å². The number of nitrogens with one attached hydrogen (secondary N) is 1. The van der Waals surface area contributed by atoms with Crippen LogP contribution in [0.2, 0.25) is 0 Å². The van der Waals surface area contributed by atoms with E-state index in [1.165, 1.54) is 6.92 Å². The van der Waals surface area contributed by atoms with Gasteiger partial charge in [-0.1, -0.05) is 0 Å².